The molecular formula is C34H33N3O4S. The number of nitrogens with one attached hydrogen (secondary N) is 3. The molecule has 0 unspecified atom stereocenters. The first-order valence-corrected chi connectivity index (χ1v) is 14.5. The summed E-state index contributed by atoms with van der Waals surface area (Å²) in [5.41, 5.74) is 4.57. The Morgan fingerprint density at radius 3 is 2.14 bits per heavy atom. The van der Waals surface area contributed by atoms with E-state index in [4.69, 9.17) is 4.74 Å². The highest BCUT2D eigenvalue weighted by Crippen LogP contribution is 2.24. The van der Waals surface area contributed by atoms with Crippen molar-refractivity contribution >= 4 is 46.9 Å². The Balaban J connectivity index is 1.45. The van der Waals surface area contributed by atoms with Crippen molar-refractivity contribution in [1.29, 1.82) is 0 Å². The van der Waals surface area contributed by atoms with Gasteiger partial charge in [0.1, 0.15) is 11.4 Å². The van der Waals surface area contributed by atoms with Gasteiger partial charge >= 0.3 is 0 Å². The summed E-state index contributed by atoms with van der Waals surface area (Å²) in [6.45, 7) is 6.27. The van der Waals surface area contributed by atoms with Crippen molar-refractivity contribution in [1.82, 2.24) is 5.32 Å². The Morgan fingerprint density at radius 2 is 1.45 bits per heavy atom. The van der Waals surface area contributed by atoms with E-state index in [2.05, 4.69) is 16.0 Å². The fourth-order valence-electron chi connectivity index (χ4n) is 4.15. The quantitative estimate of drug-likeness (QED) is 0.134. The van der Waals surface area contributed by atoms with Gasteiger partial charge in [-0.05, 0) is 80.4 Å². The molecule has 0 spiro atoms. The van der Waals surface area contributed by atoms with Crippen molar-refractivity contribution in [2.24, 2.45) is 0 Å². The van der Waals surface area contributed by atoms with Gasteiger partial charge in [0.05, 0.1) is 12.4 Å². The second-order valence-electron chi connectivity index (χ2n) is 9.43. The minimum absolute atomic E-state index is 0.0672. The number of hydrogen-bond donors (Lipinski definition) is 3. The second kappa shape index (κ2) is 14.7. The van der Waals surface area contributed by atoms with Crippen LogP contribution in [-0.2, 0) is 9.59 Å². The topological polar surface area (TPSA) is 96.5 Å². The highest BCUT2D eigenvalue weighted by atomic mass is 32.2. The van der Waals surface area contributed by atoms with E-state index in [1.807, 2.05) is 81.4 Å². The largest absolute Gasteiger partial charge is 0.493 e. The first kappa shape index (κ1) is 30.1. The number of amides is 3. The zero-order chi connectivity index (χ0) is 29.9. The lowest BCUT2D eigenvalue weighted by molar-refractivity contribution is -0.114. The molecule has 0 fully saturated rings. The molecule has 0 aliphatic rings. The lowest BCUT2D eigenvalue weighted by Crippen LogP contribution is -2.30. The molecule has 0 aliphatic carbocycles. The van der Waals surface area contributed by atoms with Gasteiger partial charge in [0, 0.05) is 27.4 Å². The van der Waals surface area contributed by atoms with Crippen molar-refractivity contribution < 1.29 is 19.1 Å². The Bertz CT molecular complexity index is 1560. The van der Waals surface area contributed by atoms with Crippen LogP contribution in [0.1, 0.15) is 34.0 Å². The molecule has 0 atom stereocenters. The predicted molar refractivity (Wildman–Crippen MR) is 170 cm³/mol. The summed E-state index contributed by atoms with van der Waals surface area (Å²) in [6, 6.07) is 29.1. The summed E-state index contributed by atoms with van der Waals surface area (Å²) < 4.78 is 5.70. The van der Waals surface area contributed by atoms with E-state index < -0.39 is 11.8 Å². The summed E-state index contributed by atoms with van der Waals surface area (Å²) in [6.07, 6.45) is 1.60. The molecule has 0 aromatic heterocycles. The van der Waals surface area contributed by atoms with E-state index in [9.17, 15) is 14.4 Å². The number of benzene rings is 4. The van der Waals surface area contributed by atoms with Crippen LogP contribution in [-0.4, -0.2) is 30.1 Å². The zero-order valence-electron chi connectivity index (χ0n) is 23.8. The molecule has 8 heteroatoms. The number of hydrogen-bond acceptors (Lipinski definition) is 5. The molecule has 0 heterocycles. The third kappa shape index (κ3) is 8.34. The molecule has 0 bridgehead atoms. The maximum Gasteiger partial charge on any atom is 0.272 e. The maximum absolute atomic E-state index is 13.4. The fourth-order valence-corrected chi connectivity index (χ4v) is 4.85. The summed E-state index contributed by atoms with van der Waals surface area (Å²) >= 11 is 1.40. The van der Waals surface area contributed by atoms with Crippen LogP contribution in [0.15, 0.2) is 108 Å². The van der Waals surface area contributed by atoms with Gasteiger partial charge in [0.2, 0.25) is 5.91 Å². The number of aryl methyl sites for hydroxylation is 2. The normalized spacial score (nSPS) is 11.0. The van der Waals surface area contributed by atoms with Crippen LogP contribution in [0.3, 0.4) is 0 Å². The van der Waals surface area contributed by atoms with Crippen LogP contribution in [0.25, 0.3) is 6.08 Å². The van der Waals surface area contributed by atoms with Crippen LogP contribution in [0.4, 0.5) is 11.4 Å². The molecular weight excluding hydrogens is 546 g/mol. The minimum Gasteiger partial charge on any atom is -0.493 e. The van der Waals surface area contributed by atoms with E-state index in [-0.39, 0.29) is 17.4 Å². The van der Waals surface area contributed by atoms with Gasteiger partial charge in [-0.2, -0.15) is 0 Å². The van der Waals surface area contributed by atoms with Crippen molar-refractivity contribution in [3.8, 4) is 5.75 Å². The van der Waals surface area contributed by atoms with Gasteiger partial charge in [-0.25, -0.2) is 0 Å². The van der Waals surface area contributed by atoms with Crippen molar-refractivity contribution in [2.75, 3.05) is 23.0 Å². The number of thioether (sulfide) groups is 1. The van der Waals surface area contributed by atoms with E-state index in [1.165, 1.54) is 11.8 Å². The summed E-state index contributed by atoms with van der Waals surface area (Å²) in [5, 5.41) is 8.60. The molecule has 4 aromatic rings. The summed E-state index contributed by atoms with van der Waals surface area (Å²) in [7, 11) is 0. The lowest BCUT2D eigenvalue weighted by atomic mass is 10.1. The molecule has 0 saturated carbocycles. The number of ether oxygens (including phenoxy) is 1. The highest BCUT2D eigenvalue weighted by molar-refractivity contribution is 8.00. The molecule has 3 N–H and O–H groups in total. The van der Waals surface area contributed by atoms with Gasteiger partial charge in [0.25, 0.3) is 11.8 Å². The third-order valence-electron chi connectivity index (χ3n) is 6.28. The smallest absolute Gasteiger partial charge is 0.272 e. The number of carbonyl (C=O) groups excluding carboxylic acids is 3. The second-order valence-corrected chi connectivity index (χ2v) is 10.5. The van der Waals surface area contributed by atoms with Crippen LogP contribution < -0.4 is 20.7 Å². The minimum atomic E-state index is -0.487. The van der Waals surface area contributed by atoms with Gasteiger partial charge in [-0.15, -0.1) is 11.8 Å². The first-order chi connectivity index (χ1) is 20.3. The van der Waals surface area contributed by atoms with Gasteiger partial charge in [0.15, 0.2) is 0 Å². The monoisotopic (exact) mass is 579 g/mol. The average molecular weight is 580 g/mol. The fraction of sp³-hybridized carbons (Fsp3) is 0.147. The van der Waals surface area contributed by atoms with E-state index >= 15 is 0 Å². The predicted octanol–water partition coefficient (Wildman–Crippen LogP) is 6.84. The van der Waals surface area contributed by atoms with Crippen molar-refractivity contribution in [3.05, 3.63) is 125 Å². The van der Waals surface area contributed by atoms with Crippen LogP contribution in [0.5, 0.6) is 5.75 Å². The standard InChI is InChI=1S/C34H33N3O4S/c1-4-41-30-16-9-8-15-26(30)21-29(36-33(39)25-13-6-5-7-14-25)34(40)35-27-17-19-28(20-18-27)42-22-31(38)37-32-23(2)11-10-12-24(32)3/h5-21H,4,22H2,1-3H3,(H,35,40)(H,36,39)(H,37,38)/b29-21-. The molecule has 7 nitrogen and oxygen atoms in total. The third-order valence-corrected chi connectivity index (χ3v) is 7.29. The summed E-state index contributed by atoms with van der Waals surface area (Å²) in [5.74, 6) is -0.138. The van der Waals surface area contributed by atoms with Crippen LogP contribution in [0.2, 0.25) is 0 Å². The number of para-hydroxylation sites is 2. The Labute approximate surface area is 250 Å². The zero-order valence-corrected chi connectivity index (χ0v) is 24.6. The Hall–Kier alpha value is -4.82. The van der Waals surface area contributed by atoms with Crippen molar-refractivity contribution in [2.45, 2.75) is 25.7 Å². The van der Waals surface area contributed by atoms with E-state index in [0.717, 1.165) is 21.7 Å². The number of carbonyl (C=O) groups is 3. The average Bonchev–Trinajstić information content (AvgIpc) is 3.00. The van der Waals surface area contributed by atoms with Crippen LogP contribution >= 0.6 is 11.8 Å². The van der Waals surface area contributed by atoms with Crippen LogP contribution in [0, 0.1) is 13.8 Å². The maximum atomic E-state index is 13.4. The molecule has 4 rings (SSSR count). The Morgan fingerprint density at radius 1 is 0.786 bits per heavy atom. The molecule has 3 amide bonds. The summed E-state index contributed by atoms with van der Waals surface area (Å²) in [4.78, 5) is 39.7. The van der Waals surface area contributed by atoms with Gasteiger partial charge in [-0.1, -0.05) is 54.6 Å². The Kier molecular flexibility index (Phi) is 10.6. The molecule has 4 aromatic carbocycles. The molecule has 0 saturated heterocycles. The van der Waals surface area contributed by atoms with E-state index in [1.54, 1.807) is 42.5 Å². The SMILES string of the molecule is CCOc1ccccc1/C=C(\NC(=O)c1ccccc1)C(=O)Nc1ccc(SCC(=O)Nc2c(C)cccc2C)cc1. The molecule has 0 aliphatic heterocycles. The highest BCUT2D eigenvalue weighted by Gasteiger charge is 2.16. The first-order valence-electron chi connectivity index (χ1n) is 13.5. The van der Waals surface area contributed by atoms with Gasteiger partial charge in [-0.3, -0.25) is 14.4 Å². The van der Waals surface area contributed by atoms with Gasteiger partial charge < -0.3 is 20.7 Å². The number of anilines is 2. The van der Waals surface area contributed by atoms with Crippen molar-refractivity contribution in [3.63, 3.8) is 0 Å². The van der Waals surface area contributed by atoms with E-state index in [0.29, 0.717) is 29.2 Å². The lowest BCUT2D eigenvalue weighted by Gasteiger charge is -2.13. The molecule has 42 heavy (non-hydrogen) atoms. The molecule has 0 radical (unpaired) electrons. The molecule has 214 valence electrons. The number of rotatable bonds is 11.